The summed E-state index contributed by atoms with van der Waals surface area (Å²) in [6.45, 7) is 2.54. The van der Waals surface area contributed by atoms with E-state index in [-0.39, 0.29) is 11.6 Å². The number of alkyl halides is 3. The first-order valence-corrected chi connectivity index (χ1v) is 4.89. The molecule has 4 nitrogen and oxygen atoms in total. The summed E-state index contributed by atoms with van der Waals surface area (Å²) in [5.41, 5.74) is 5.27. The van der Waals surface area contributed by atoms with E-state index in [0.717, 1.165) is 12.8 Å². The van der Waals surface area contributed by atoms with Crippen LogP contribution in [0, 0.1) is 0 Å². The normalized spacial score (nSPS) is 11.5. The number of rotatable bonds is 4. The minimum Gasteiger partial charge on any atom is -0.384 e. The lowest BCUT2D eigenvalue weighted by Crippen LogP contribution is -2.14. The van der Waals surface area contributed by atoms with E-state index in [0.29, 0.717) is 6.54 Å². The second-order valence-electron chi connectivity index (χ2n) is 3.28. The number of nitrogens with zero attached hydrogens (tertiary/aromatic N) is 2. The van der Waals surface area contributed by atoms with Crippen LogP contribution in [0.2, 0.25) is 0 Å². The average molecular weight is 234 g/mol. The predicted octanol–water partition coefficient (Wildman–Crippen LogP) is 2.29. The molecule has 1 heterocycles. The van der Waals surface area contributed by atoms with E-state index in [1.807, 2.05) is 6.92 Å². The van der Waals surface area contributed by atoms with Crippen molar-refractivity contribution in [3.8, 4) is 0 Å². The van der Waals surface area contributed by atoms with Crippen LogP contribution in [0.4, 0.5) is 24.8 Å². The largest absolute Gasteiger partial charge is 0.451 e. The van der Waals surface area contributed by atoms with Gasteiger partial charge in [-0.3, -0.25) is 0 Å². The van der Waals surface area contributed by atoms with Gasteiger partial charge in [0.05, 0.1) is 0 Å². The van der Waals surface area contributed by atoms with Gasteiger partial charge in [-0.25, -0.2) is 9.97 Å². The lowest BCUT2D eigenvalue weighted by atomic mass is 10.3. The van der Waals surface area contributed by atoms with Gasteiger partial charge in [-0.1, -0.05) is 13.3 Å². The average Bonchev–Trinajstić information content (AvgIpc) is 2.16. The molecule has 1 rings (SSSR count). The maximum absolute atomic E-state index is 12.3. The number of anilines is 2. The highest BCUT2D eigenvalue weighted by Crippen LogP contribution is 2.27. The Bertz CT molecular complexity index is 351. The predicted molar refractivity (Wildman–Crippen MR) is 54.8 cm³/mol. The third kappa shape index (κ3) is 3.56. The van der Waals surface area contributed by atoms with Crippen LogP contribution >= 0.6 is 0 Å². The molecule has 0 aliphatic rings. The van der Waals surface area contributed by atoms with Gasteiger partial charge in [0, 0.05) is 12.6 Å². The summed E-state index contributed by atoms with van der Waals surface area (Å²) in [4.78, 5) is 6.48. The molecule has 0 aliphatic carbocycles. The van der Waals surface area contributed by atoms with E-state index >= 15 is 0 Å². The van der Waals surface area contributed by atoms with Gasteiger partial charge in [-0.15, -0.1) is 0 Å². The quantitative estimate of drug-likeness (QED) is 0.784. The molecular formula is C9H13F3N4. The summed E-state index contributed by atoms with van der Waals surface area (Å²) in [6.07, 6.45) is -2.78. The van der Waals surface area contributed by atoms with E-state index in [4.69, 9.17) is 5.73 Å². The first kappa shape index (κ1) is 12.5. The molecule has 0 amide bonds. The topological polar surface area (TPSA) is 63.8 Å². The molecule has 0 aromatic carbocycles. The molecule has 90 valence electrons. The fraction of sp³-hybridized carbons (Fsp3) is 0.556. The number of hydrogen-bond donors (Lipinski definition) is 2. The first-order chi connectivity index (χ1) is 7.43. The molecule has 0 unspecified atom stereocenters. The minimum absolute atomic E-state index is 0.105. The van der Waals surface area contributed by atoms with E-state index in [1.165, 1.54) is 6.07 Å². The standard InChI is InChI=1S/C9H13F3N4/c1-2-3-4-14-7-5-6(13)15-8(16-7)9(10,11)12/h5H,2-4H2,1H3,(H3,13,14,15,16). The third-order valence-corrected chi connectivity index (χ3v) is 1.84. The Morgan fingerprint density at radius 1 is 1.38 bits per heavy atom. The van der Waals surface area contributed by atoms with Crippen LogP contribution < -0.4 is 11.1 Å². The second-order valence-corrected chi connectivity index (χ2v) is 3.28. The van der Waals surface area contributed by atoms with Crippen molar-refractivity contribution in [2.24, 2.45) is 0 Å². The van der Waals surface area contributed by atoms with E-state index < -0.39 is 12.0 Å². The molecule has 0 spiro atoms. The Morgan fingerprint density at radius 3 is 2.62 bits per heavy atom. The van der Waals surface area contributed by atoms with Gasteiger partial charge in [-0.2, -0.15) is 13.2 Å². The van der Waals surface area contributed by atoms with Gasteiger partial charge < -0.3 is 11.1 Å². The van der Waals surface area contributed by atoms with Crippen molar-refractivity contribution >= 4 is 11.6 Å². The van der Waals surface area contributed by atoms with Gasteiger partial charge in [0.2, 0.25) is 5.82 Å². The minimum atomic E-state index is -4.57. The van der Waals surface area contributed by atoms with Gasteiger partial charge in [-0.05, 0) is 6.42 Å². The SMILES string of the molecule is CCCCNc1cc(N)nc(C(F)(F)F)n1. The Morgan fingerprint density at radius 2 is 2.06 bits per heavy atom. The maximum atomic E-state index is 12.3. The van der Waals surface area contributed by atoms with Crippen molar-refractivity contribution in [1.29, 1.82) is 0 Å². The number of nitrogens with two attached hydrogens (primary N) is 1. The molecular weight excluding hydrogens is 221 g/mol. The molecule has 0 atom stereocenters. The fourth-order valence-electron chi connectivity index (χ4n) is 1.08. The highest BCUT2D eigenvalue weighted by Gasteiger charge is 2.35. The molecule has 0 aliphatic heterocycles. The molecule has 0 bridgehead atoms. The van der Waals surface area contributed by atoms with Crippen LogP contribution in [0.25, 0.3) is 0 Å². The van der Waals surface area contributed by atoms with E-state index in [1.54, 1.807) is 0 Å². The summed E-state index contributed by atoms with van der Waals surface area (Å²) in [5, 5.41) is 2.77. The molecule has 1 aromatic rings. The van der Waals surface area contributed by atoms with Crippen molar-refractivity contribution in [3.63, 3.8) is 0 Å². The highest BCUT2D eigenvalue weighted by atomic mass is 19.4. The number of aromatic nitrogens is 2. The Hall–Kier alpha value is -1.53. The summed E-state index contributed by atoms with van der Waals surface area (Å²) >= 11 is 0. The lowest BCUT2D eigenvalue weighted by Gasteiger charge is -2.09. The maximum Gasteiger partial charge on any atom is 0.451 e. The molecule has 0 saturated heterocycles. The van der Waals surface area contributed by atoms with Crippen LogP contribution in [-0.4, -0.2) is 16.5 Å². The summed E-state index contributed by atoms with van der Waals surface area (Å²) in [7, 11) is 0. The number of unbranched alkanes of at least 4 members (excludes halogenated alkanes) is 1. The third-order valence-electron chi connectivity index (χ3n) is 1.84. The van der Waals surface area contributed by atoms with Crippen molar-refractivity contribution in [3.05, 3.63) is 11.9 Å². The molecule has 3 N–H and O–H groups in total. The fourth-order valence-corrected chi connectivity index (χ4v) is 1.08. The zero-order valence-corrected chi connectivity index (χ0v) is 8.80. The number of nitrogens with one attached hydrogen (secondary N) is 1. The summed E-state index contributed by atoms with van der Waals surface area (Å²) in [6, 6.07) is 1.28. The van der Waals surface area contributed by atoms with E-state index in [9.17, 15) is 13.2 Å². The second kappa shape index (κ2) is 5.00. The molecule has 16 heavy (non-hydrogen) atoms. The smallest absolute Gasteiger partial charge is 0.384 e. The molecule has 0 fully saturated rings. The van der Waals surface area contributed by atoms with Gasteiger partial charge in [0.25, 0.3) is 0 Å². The summed E-state index contributed by atoms with van der Waals surface area (Å²) in [5.74, 6) is -1.30. The molecule has 1 aromatic heterocycles. The zero-order chi connectivity index (χ0) is 12.2. The number of hydrogen-bond acceptors (Lipinski definition) is 4. The van der Waals surface area contributed by atoms with Gasteiger partial charge >= 0.3 is 6.18 Å². The van der Waals surface area contributed by atoms with Crippen molar-refractivity contribution in [1.82, 2.24) is 9.97 Å². The highest BCUT2D eigenvalue weighted by molar-refractivity contribution is 5.44. The van der Waals surface area contributed by atoms with Crippen LogP contribution in [0.1, 0.15) is 25.6 Å². The monoisotopic (exact) mass is 234 g/mol. The van der Waals surface area contributed by atoms with Crippen LogP contribution in [0.5, 0.6) is 0 Å². The van der Waals surface area contributed by atoms with Crippen LogP contribution in [0.15, 0.2) is 6.07 Å². The Kier molecular flexibility index (Phi) is 3.92. The number of halogens is 3. The Labute approximate surface area is 91.1 Å². The molecule has 7 heteroatoms. The first-order valence-electron chi connectivity index (χ1n) is 4.89. The molecule has 0 radical (unpaired) electrons. The summed E-state index contributed by atoms with van der Waals surface area (Å²) < 4.78 is 37.0. The lowest BCUT2D eigenvalue weighted by molar-refractivity contribution is -0.144. The Balaban J connectivity index is 2.82. The molecule has 0 saturated carbocycles. The van der Waals surface area contributed by atoms with Crippen molar-refractivity contribution in [2.75, 3.05) is 17.6 Å². The van der Waals surface area contributed by atoms with Crippen molar-refractivity contribution < 1.29 is 13.2 Å². The van der Waals surface area contributed by atoms with E-state index in [2.05, 4.69) is 15.3 Å². The van der Waals surface area contributed by atoms with Gasteiger partial charge in [0.15, 0.2) is 0 Å². The van der Waals surface area contributed by atoms with Crippen LogP contribution in [0.3, 0.4) is 0 Å². The van der Waals surface area contributed by atoms with Crippen LogP contribution in [-0.2, 0) is 6.18 Å². The van der Waals surface area contributed by atoms with Crippen molar-refractivity contribution in [2.45, 2.75) is 25.9 Å². The number of nitrogen functional groups attached to an aromatic ring is 1. The zero-order valence-electron chi connectivity index (χ0n) is 8.80. The van der Waals surface area contributed by atoms with Gasteiger partial charge in [0.1, 0.15) is 11.6 Å².